The van der Waals surface area contributed by atoms with Gasteiger partial charge in [0, 0.05) is 70.0 Å². The number of halogens is 1. The zero-order chi connectivity index (χ0) is 35.9. The molecule has 51 heavy (non-hydrogen) atoms. The number of benzene rings is 2. The fraction of sp³-hybridized carbons (Fsp3) is 0.513. The maximum absolute atomic E-state index is 13.6. The van der Waals surface area contributed by atoms with Gasteiger partial charge in [-0.2, -0.15) is 5.10 Å². The van der Waals surface area contributed by atoms with E-state index in [1.54, 1.807) is 13.2 Å². The van der Waals surface area contributed by atoms with Gasteiger partial charge in [-0.3, -0.25) is 24.5 Å². The summed E-state index contributed by atoms with van der Waals surface area (Å²) < 4.78 is 1.23. The smallest absolute Gasteiger partial charge is 0.287 e. The average molecular weight is 714 g/mol. The van der Waals surface area contributed by atoms with E-state index in [0.717, 1.165) is 88.1 Å². The first-order chi connectivity index (χ1) is 24.5. The van der Waals surface area contributed by atoms with Gasteiger partial charge in [0.1, 0.15) is 5.02 Å². The highest BCUT2D eigenvalue weighted by molar-refractivity contribution is 6.32. The molecule has 7 rings (SSSR count). The molecule has 2 aromatic carbocycles. The summed E-state index contributed by atoms with van der Waals surface area (Å²) in [7, 11) is 3.68. The van der Waals surface area contributed by atoms with Crippen LogP contribution >= 0.6 is 11.6 Å². The Labute approximate surface area is 304 Å². The highest BCUT2D eigenvalue weighted by Gasteiger charge is 2.39. The molecule has 5 heterocycles. The Kier molecular flexibility index (Phi) is 9.95. The summed E-state index contributed by atoms with van der Waals surface area (Å²) in [6.07, 6.45) is 7.68. The lowest BCUT2D eigenvalue weighted by Gasteiger charge is -2.47. The molecular formula is C39H48ClN7O4. The maximum Gasteiger partial charge on any atom is 0.287 e. The third kappa shape index (κ3) is 7.42. The van der Waals surface area contributed by atoms with Crippen molar-refractivity contribution in [3.8, 4) is 0 Å². The van der Waals surface area contributed by atoms with Crippen LogP contribution in [0.4, 0.5) is 11.4 Å². The number of rotatable bonds is 6. The van der Waals surface area contributed by atoms with E-state index < -0.39 is 0 Å². The van der Waals surface area contributed by atoms with Crippen molar-refractivity contribution in [1.82, 2.24) is 24.9 Å². The fourth-order valence-electron chi connectivity index (χ4n) is 8.74. The molecule has 4 aliphatic rings. The monoisotopic (exact) mass is 713 g/mol. The van der Waals surface area contributed by atoms with Gasteiger partial charge in [-0.15, -0.1) is 0 Å². The third-order valence-electron chi connectivity index (χ3n) is 11.9. The second-order valence-electron chi connectivity index (χ2n) is 15.2. The molecular weight excluding hydrogens is 666 g/mol. The molecule has 2 N–H and O–H groups in total. The van der Waals surface area contributed by atoms with Crippen molar-refractivity contribution in [1.29, 1.82) is 0 Å². The molecule has 0 radical (unpaired) electrons. The summed E-state index contributed by atoms with van der Waals surface area (Å²) in [6.45, 7) is 7.31. The van der Waals surface area contributed by atoms with Crippen molar-refractivity contribution in [2.45, 2.75) is 69.7 Å². The Balaban J connectivity index is 0.911. The summed E-state index contributed by atoms with van der Waals surface area (Å²) in [6, 6.07) is 14.6. The number of carbonyl (C=O) groups is 3. The number of imide groups is 1. The molecule has 3 unspecified atom stereocenters. The van der Waals surface area contributed by atoms with E-state index in [-0.39, 0.29) is 51.6 Å². The van der Waals surface area contributed by atoms with Gasteiger partial charge in [0.15, 0.2) is 0 Å². The molecule has 12 heteroatoms. The highest BCUT2D eigenvalue weighted by atomic mass is 35.5. The first-order valence-corrected chi connectivity index (χ1v) is 18.6. The number of amides is 3. The quantitative estimate of drug-likeness (QED) is 0.354. The van der Waals surface area contributed by atoms with Crippen molar-refractivity contribution in [3.63, 3.8) is 0 Å². The fourth-order valence-corrected chi connectivity index (χ4v) is 8.96. The molecule has 3 amide bonds. The minimum absolute atomic E-state index is 0.101. The molecule has 4 fully saturated rings. The number of carbonyl (C=O) groups excluding carboxylic acids is 3. The molecule has 0 saturated carbocycles. The van der Waals surface area contributed by atoms with Crippen LogP contribution in [0.25, 0.3) is 0 Å². The molecule has 3 atom stereocenters. The molecule has 11 nitrogen and oxygen atoms in total. The average Bonchev–Trinajstić information content (AvgIpc) is 3.12. The van der Waals surface area contributed by atoms with Gasteiger partial charge in [0.2, 0.25) is 11.8 Å². The van der Waals surface area contributed by atoms with E-state index in [1.807, 2.05) is 17.0 Å². The van der Waals surface area contributed by atoms with Crippen LogP contribution < -0.4 is 21.1 Å². The number of nitrogens with one attached hydrogen (secondary N) is 2. The predicted molar refractivity (Wildman–Crippen MR) is 199 cm³/mol. The summed E-state index contributed by atoms with van der Waals surface area (Å²) in [5.41, 5.74) is 5.72. The van der Waals surface area contributed by atoms with E-state index in [9.17, 15) is 19.2 Å². The van der Waals surface area contributed by atoms with Gasteiger partial charge in [0.05, 0.1) is 17.8 Å². The van der Waals surface area contributed by atoms with Crippen LogP contribution in [-0.2, 0) is 16.6 Å². The van der Waals surface area contributed by atoms with E-state index in [4.69, 9.17) is 11.6 Å². The lowest BCUT2D eigenvalue weighted by atomic mass is 9.71. The number of piperidine rings is 4. The lowest BCUT2D eigenvalue weighted by molar-refractivity contribution is -0.134. The Morgan fingerprint density at radius 1 is 0.961 bits per heavy atom. The molecule has 3 aromatic rings. The molecule has 1 spiro atoms. The molecule has 1 aromatic heterocycles. The minimum Gasteiger partial charge on any atom is -0.378 e. The topological polar surface area (TPSA) is 120 Å². The van der Waals surface area contributed by atoms with Crippen molar-refractivity contribution in [2.24, 2.45) is 12.5 Å². The highest BCUT2D eigenvalue weighted by Crippen LogP contribution is 2.43. The molecule has 0 bridgehead atoms. The Morgan fingerprint density at radius 3 is 2.35 bits per heavy atom. The van der Waals surface area contributed by atoms with Crippen molar-refractivity contribution in [2.75, 3.05) is 56.5 Å². The Hall–Kier alpha value is -4.22. The Morgan fingerprint density at radius 2 is 1.67 bits per heavy atom. The zero-order valence-corrected chi connectivity index (χ0v) is 30.5. The second-order valence-corrected chi connectivity index (χ2v) is 15.6. The number of anilines is 2. The van der Waals surface area contributed by atoms with Gasteiger partial charge >= 0.3 is 0 Å². The van der Waals surface area contributed by atoms with Crippen LogP contribution in [0.1, 0.15) is 83.8 Å². The maximum atomic E-state index is 13.6. The van der Waals surface area contributed by atoms with E-state index in [0.29, 0.717) is 18.5 Å². The van der Waals surface area contributed by atoms with Crippen LogP contribution in [0.5, 0.6) is 0 Å². The zero-order valence-electron chi connectivity index (χ0n) is 29.8. The molecule has 0 aliphatic carbocycles. The standard InChI is InChI=1S/C39H48ClN7O4/c1-25-20-30(8-9-31(25)32-10-11-34(48)43-36(32)49)46-16-12-39(13-17-46)14-18-47(19-15-39)37(50)27-6-4-26(5-7-27)28-21-29(24-44(2)23-28)42-33-22-41-45(3)38(51)35(33)40/h4-9,20,22,28-29,32,42H,10-19,21,23-24H2,1-3H3,(H,43,48,49). The molecule has 270 valence electrons. The van der Waals surface area contributed by atoms with E-state index in [2.05, 4.69) is 69.8 Å². The van der Waals surface area contributed by atoms with Crippen LogP contribution in [0.2, 0.25) is 5.02 Å². The Bertz CT molecular complexity index is 1860. The first-order valence-electron chi connectivity index (χ1n) is 18.2. The van der Waals surface area contributed by atoms with Gasteiger partial charge in [-0.1, -0.05) is 29.8 Å². The summed E-state index contributed by atoms with van der Waals surface area (Å²) >= 11 is 6.32. The number of hydrogen-bond acceptors (Lipinski definition) is 8. The number of hydrogen-bond donors (Lipinski definition) is 2. The predicted octanol–water partition coefficient (Wildman–Crippen LogP) is 4.68. The number of nitrogens with zero attached hydrogens (tertiary/aromatic N) is 5. The summed E-state index contributed by atoms with van der Waals surface area (Å²) in [5, 5.41) is 10.2. The lowest BCUT2D eigenvalue weighted by Crippen LogP contribution is -2.48. The largest absolute Gasteiger partial charge is 0.378 e. The van der Waals surface area contributed by atoms with E-state index in [1.165, 1.54) is 15.9 Å². The second kappa shape index (κ2) is 14.4. The normalized spacial score (nSPS) is 24.0. The van der Waals surface area contributed by atoms with Crippen LogP contribution in [0.3, 0.4) is 0 Å². The summed E-state index contributed by atoms with van der Waals surface area (Å²) in [4.78, 5) is 56.7. The van der Waals surface area contributed by atoms with Crippen LogP contribution in [0.15, 0.2) is 53.5 Å². The van der Waals surface area contributed by atoms with Gasteiger partial charge in [-0.05, 0) is 105 Å². The number of likely N-dealkylation sites (N-methyl/N-ethyl adjacent to an activating group) is 1. The first kappa shape index (κ1) is 35.2. The molecule has 4 aliphatic heterocycles. The van der Waals surface area contributed by atoms with E-state index >= 15 is 0 Å². The minimum atomic E-state index is -0.320. The summed E-state index contributed by atoms with van der Waals surface area (Å²) in [5.74, 6) is -0.262. The number of likely N-dealkylation sites (tertiary alicyclic amines) is 2. The van der Waals surface area contributed by atoms with Gasteiger partial charge < -0.3 is 20.0 Å². The van der Waals surface area contributed by atoms with Gasteiger partial charge in [-0.25, -0.2) is 4.68 Å². The van der Waals surface area contributed by atoms with Gasteiger partial charge in [0.25, 0.3) is 11.5 Å². The number of aryl methyl sites for hydroxylation is 2. The van der Waals surface area contributed by atoms with Crippen LogP contribution in [-0.4, -0.2) is 89.7 Å². The SMILES string of the molecule is Cc1cc(N2CCC3(CCN(C(=O)c4ccc(C5CC(Nc6cnn(C)c(=O)c6Cl)CN(C)C5)cc4)CC3)CC2)ccc1C1CCC(=O)NC1=O. The van der Waals surface area contributed by atoms with Crippen LogP contribution in [0, 0.1) is 12.3 Å². The van der Waals surface area contributed by atoms with Crippen molar-refractivity contribution >= 4 is 40.7 Å². The van der Waals surface area contributed by atoms with Crippen molar-refractivity contribution in [3.05, 3.63) is 86.3 Å². The third-order valence-corrected chi connectivity index (χ3v) is 12.2. The molecule has 4 saturated heterocycles. The number of aromatic nitrogens is 2. The van der Waals surface area contributed by atoms with Crippen molar-refractivity contribution < 1.29 is 14.4 Å².